The lowest BCUT2D eigenvalue weighted by atomic mass is 10.1. The minimum atomic E-state index is 0.648. The molecule has 2 aromatic carbocycles. The van der Waals surface area contributed by atoms with E-state index in [4.69, 9.17) is 4.98 Å². The SMILES string of the molecule is C=C(Nc1ccnnc1)c1cc2ccc(-c3nc(C)cc(Nc4ccc5[nH]ncc5c4)n3)cc2[nH]1. The third kappa shape index (κ3) is 4.18. The molecule has 0 unspecified atom stereocenters. The Kier molecular flexibility index (Phi) is 4.92. The molecule has 9 heteroatoms. The average Bonchev–Trinajstić information content (AvgIpc) is 3.50. The van der Waals surface area contributed by atoms with Crippen LogP contribution in [0.5, 0.6) is 0 Å². The first kappa shape index (κ1) is 20.5. The van der Waals surface area contributed by atoms with Crippen LogP contribution >= 0.6 is 0 Å². The molecule has 4 aromatic heterocycles. The number of hydrogen-bond acceptors (Lipinski definition) is 7. The van der Waals surface area contributed by atoms with Crippen molar-refractivity contribution < 1.29 is 0 Å². The van der Waals surface area contributed by atoms with Gasteiger partial charge >= 0.3 is 0 Å². The zero-order chi connectivity index (χ0) is 23.8. The average molecular weight is 460 g/mol. The largest absolute Gasteiger partial charge is 0.353 e. The van der Waals surface area contributed by atoms with E-state index in [2.05, 4.69) is 65.8 Å². The summed E-state index contributed by atoms with van der Waals surface area (Å²) in [5.41, 5.74) is 7.13. The minimum Gasteiger partial charge on any atom is -0.353 e. The number of aryl methyl sites for hydroxylation is 1. The van der Waals surface area contributed by atoms with Crippen LogP contribution in [0.15, 0.2) is 79.8 Å². The number of aromatic nitrogens is 7. The maximum atomic E-state index is 4.77. The Morgan fingerprint density at radius 1 is 0.857 bits per heavy atom. The van der Waals surface area contributed by atoms with E-state index in [0.717, 1.165) is 61.6 Å². The smallest absolute Gasteiger partial charge is 0.161 e. The van der Waals surface area contributed by atoms with Gasteiger partial charge in [-0.25, -0.2) is 9.97 Å². The lowest BCUT2D eigenvalue weighted by molar-refractivity contribution is 1.03. The number of fused-ring (bicyclic) bond motifs is 2. The van der Waals surface area contributed by atoms with Gasteiger partial charge in [-0.3, -0.25) is 5.10 Å². The van der Waals surface area contributed by atoms with Crippen LogP contribution in [0.2, 0.25) is 0 Å². The van der Waals surface area contributed by atoms with Crippen LogP contribution in [0.25, 0.3) is 38.9 Å². The van der Waals surface area contributed by atoms with Crippen molar-refractivity contribution in [1.29, 1.82) is 0 Å². The molecule has 0 aliphatic rings. The molecule has 0 bridgehead atoms. The number of nitrogens with one attached hydrogen (secondary N) is 4. The molecule has 6 rings (SSSR count). The summed E-state index contributed by atoms with van der Waals surface area (Å²) in [5, 5.41) is 23.5. The van der Waals surface area contributed by atoms with Crippen molar-refractivity contribution in [2.75, 3.05) is 10.6 Å². The zero-order valence-corrected chi connectivity index (χ0v) is 18.9. The molecule has 4 N–H and O–H groups in total. The van der Waals surface area contributed by atoms with Gasteiger partial charge in [0, 0.05) is 39.3 Å². The van der Waals surface area contributed by atoms with Gasteiger partial charge in [-0.1, -0.05) is 18.7 Å². The van der Waals surface area contributed by atoms with E-state index in [1.54, 1.807) is 18.6 Å². The van der Waals surface area contributed by atoms with Crippen molar-refractivity contribution >= 4 is 44.7 Å². The van der Waals surface area contributed by atoms with Crippen molar-refractivity contribution in [3.8, 4) is 11.4 Å². The van der Waals surface area contributed by atoms with E-state index in [9.17, 15) is 0 Å². The highest BCUT2D eigenvalue weighted by Gasteiger charge is 2.10. The van der Waals surface area contributed by atoms with Crippen LogP contribution in [0.3, 0.4) is 0 Å². The Morgan fingerprint density at radius 3 is 2.69 bits per heavy atom. The Balaban J connectivity index is 1.28. The predicted molar refractivity (Wildman–Crippen MR) is 138 cm³/mol. The van der Waals surface area contributed by atoms with E-state index in [0.29, 0.717) is 5.82 Å². The molecular formula is C26H21N9. The second kappa shape index (κ2) is 8.38. The Morgan fingerprint density at radius 2 is 1.80 bits per heavy atom. The maximum absolute atomic E-state index is 4.77. The number of nitrogens with zero attached hydrogens (tertiary/aromatic N) is 5. The van der Waals surface area contributed by atoms with E-state index in [1.165, 1.54) is 0 Å². The van der Waals surface area contributed by atoms with Gasteiger partial charge in [0.15, 0.2) is 5.82 Å². The molecule has 0 fully saturated rings. The first-order valence-electron chi connectivity index (χ1n) is 11.0. The fourth-order valence-corrected chi connectivity index (χ4v) is 3.96. The predicted octanol–water partition coefficient (Wildman–Crippen LogP) is 5.43. The second-order valence-electron chi connectivity index (χ2n) is 8.23. The number of aromatic amines is 2. The van der Waals surface area contributed by atoms with Gasteiger partial charge in [-0.05, 0) is 43.3 Å². The first-order valence-corrected chi connectivity index (χ1v) is 11.0. The van der Waals surface area contributed by atoms with Gasteiger partial charge < -0.3 is 15.6 Å². The summed E-state index contributed by atoms with van der Waals surface area (Å²) in [6.07, 6.45) is 5.09. The zero-order valence-electron chi connectivity index (χ0n) is 18.9. The Bertz CT molecular complexity index is 1680. The fourth-order valence-electron chi connectivity index (χ4n) is 3.96. The van der Waals surface area contributed by atoms with Crippen LogP contribution in [-0.2, 0) is 0 Å². The van der Waals surface area contributed by atoms with Gasteiger partial charge in [0.2, 0.25) is 0 Å². The maximum Gasteiger partial charge on any atom is 0.161 e. The van der Waals surface area contributed by atoms with Gasteiger partial charge in [-0.15, -0.1) is 0 Å². The lowest BCUT2D eigenvalue weighted by Gasteiger charge is -2.09. The summed E-state index contributed by atoms with van der Waals surface area (Å²) >= 11 is 0. The summed E-state index contributed by atoms with van der Waals surface area (Å²) in [4.78, 5) is 12.9. The molecule has 0 aliphatic heterocycles. The van der Waals surface area contributed by atoms with Gasteiger partial charge in [0.1, 0.15) is 5.82 Å². The highest BCUT2D eigenvalue weighted by Crippen LogP contribution is 2.27. The topological polar surface area (TPSA) is 120 Å². The number of rotatable bonds is 6. The van der Waals surface area contributed by atoms with Crippen molar-refractivity contribution in [2.45, 2.75) is 6.92 Å². The molecule has 0 saturated heterocycles. The molecule has 170 valence electrons. The third-order valence-corrected chi connectivity index (χ3v) is 5.65. The molecule has 0 aliphatic carbocycles. The minimum absolute atomic E-state index is 0.648. The van der Waals surface area contributed by atoms with E-state index in [-0.39, 0.29) is 0 Å². The summed E-state index contributed by atoms with van der Waals surface area (Å²) in [7, 11) is 0. The highest BCUT2D eigenvalue weighted by molar-refractivity contribution is 5.89. The number of H-pyrrole nitrogens is 2. The summed E-state index contributed by atoms with van der Waals surface area (Å²) < 4.78 is 0. The van der Waals surface area contributed by atoms with Crippen LogP contribution in [0, 0.1) is 6.92 Å². The molecular weight excluding hydrogens is 438 g/mol. The molecule has 0 saturated carbocycles. The standard InChI is InChI=1S/C26H21N9/c1-15-9-25(32-20-5-6-22-19(10-20)13-29-35-22)34-26(30-15)18-4-3-17-11-23(33-24(17)12-18)16(2)31-21-7-8-27-28-14-21/h3-14,33H,2H2,1H3,(H,27,31)(H,29,35)(H,30,32,34). The molecule has 6 aromatic rings. The summed E-state index contributed by atoms with van der Waals surface area (Å²) in [6, 6.07) is 18.0. The molecule has 9 nitrogen and oxygen atoms in total. The number of anilines is 3. The number of benzene rings is 2. The molecule has 0 spiro atoms. The second-order valence-corrected chi connectivity index (χ2v) is 8.23. The van der Waals surface area contributed by atoms with Crippen molar-refractivity contribution in [1.82, 2.24) is 35.3 Å². The normalized spacial score (nSPS) is 11.1. The number of hydrogen-bond donors (Lipinski definition) is 4. The van der Waals surface area contributed by atoms with Crippen molar-refractivity contribution in [2.24, 2.45) is 0 Å². The van der Waals surface area contributed by atoms with Crippen LogP contribution in [0.1, 0.15) is 11.4 Å². The quantitative estimate of drug-likeness (QED) is 0.262. The lowest BCUT2D eigenvalue weighted by Crippen LogP contribution is -1.99. The third-order valence-electron chi connectivity index (χ3n) is 5.65. The fraction of sp³-hybridized carbons (Fsp3) is 0.0385. The van der Waals surface area contributed by atoms with Crippen LogP contribution < -0.4 is 10.6 Å². The highest BCUT2D eigenvalue weighted by atomic mass is 15.1. The Hall–Kier alpha value is -5.05. The first-order chi connectivity index (χ1) is 17.1. The summed E-state index contributed by atoms with van der Waals surface area (Å²) in [5.74, 6) is 1.38. The molecule has 0 amide bonds. The van der Waals surface area contributed by atoms with Gasteiger partial charge in [-0.2, -0.15) is 15.3 Å². The van der Waals surface area contributed by atoms with Crippen molar-refractivity contribution in [3.63, 3.8) is 0 Å². The Labute approximate surface area is 200 Å². The summed E-state index contributed by atoms with van der Waals surface area (Å²) in [6.45, 7) is 6.11. The van der Waals surface area contributed by atoms with Crippen LogP contribution in [-0.4, -0.2) is 35.3 Å². The van der Waals surface area contributed by atoms with Gasteiger partial charge in [0.05, 0.1) is 41.2 Å². The molecule has 0 radical (unpaired) electrons. The monoisotopic (exact) mass is 459 g/mol. The van der Waals surface area contributed by atoms with Crippen LogP contribution in [0.4, 0.5) is 17.2 Å². The molecule has 0 atom stereocenters. The molecule has 35 heavy (non-hydrogen) atoms. The van der Waals surface area contributed by atoms with E-state index in [1.807, 2.05) is 43.3 Å². The van der Waals surface area contributed by atoms with Gasteiger partial charge in [0.25, 0.3) is 0 Å². The van der Waals surface area contributed by atoms with E-state index < -0.39 is 0 Å². The van der Waals surface area contributed by atoms with E-state index >= 15 is 0 Å². The van der Waals surface area contributed by atoms with Crippen molar-refractivity contribution in [3.05, 3.63) is 91.2 Å². The molecule has 4 heterocycles.